The van der Waals surface area contributed by atoms with Crippen LogP contribution in [0.25, 0.3) is 17.1 Å². The second-order valence-corrected chi connectivity index (χ2v) is 13.5. The van der Waals surface area contributed by atoms with Gasteiger partial charge in [-0.2, -0.15) is 8.42 Å². The third kappa shape index (κ3) is 7.43. The number of hydrogen-bond acceptors (Lipinski definition) is 7. The van der Waals surface area contributed by atoms with Crippen LogP contribution in [0.1, 0.15) is 32.5 Å². The van der Waals surface area contributed by atoms with Crippen LogP contribution in [0.15, 0.2) is 54.4 Å². The van der Waals surface area contributed by atoms with Crippen LogP contribution in [0, 0.1) is 0 Å². The Morgan fingerprint density at radius 1 is 0.927 bits per heavy atom. The summed E-state index contributed by atoms with van der Waals surface area (Å²) >= 11 is 12.6. The Morgan fingerprint density at radius 3 is 2.29 bits per heavy atom. The van der Waals surface area contributed by atoms with E-state index in [2.05, 4.69) is 9.47 Å². The summed E-state index contributed by atoms with van der Waals surface area (Å²) in [5, 5.41) is 1.14. The average Bonchev–Trinajstić information content (AvgIpc) is 3.33. The third-order valence-electron chi connectivity index (χ3n) is 6.83. The molecule has 4 rings (SSSR count). The molecule has 3 aromatic rings. The second kappa shape index (κ2) is 12.7. The zero-order valence-corrected chi connectivity index (χ0v) is 25.8. The predicted octanol–water partition coefficient (Wildman–Crippen LogP) is 4.67. The lowest BCUT2D eigenvalue weighted by molar-refractivity contribution is -0.673. The maximum atomic E-state index is 11.4. The van der Waals surface area contributed by atoms with Crippen LogP contribution in [0.5, 0.6) is 0 Å². The summed E-state index contributed by atoms with van der Waals surface area (Å²) in [7, 11) is -8.45. The summed E-state index contributed by atoms with van der Waals surface area (Å²) in [6.07, 6.45) is 6.08. The number of fused-ring (bicyclic) bond motifs is 2. The van der Waals surface area contributed by atoms with Crippen molar-refractivity contribution in [2.75, 3.05) is 34.4 Å². The van der Waals surface area contributed by atoms with E-state index in [9.17, 15) is 25.9 Å². The van der Waals surface area contributed by atoms with Gasteiger partial charge in [0.15, 0.2) is 11.0 Å². The predicted molar refractivity (Wildman–Crippen MR) is 162 cm³/mol. The first-order chi connectivity index (χ1) is 19.3. The molecule has 2 aromatic carbocycles. The Kier molecular flexibility index (Phi) is 9.72. The zero-order chi connectivity index (χ0) is 29.9. The van der Waals surface area contributed by atoms with Crippen LogP contribution in [-0.4, -0.2) is 55.1 Å². The first-order valence-corrected chi connectivity index (χ1v) is 17.1. The van der Waals surface area contributed by atoms with Crippen molar-refractivity contribution in [2.45, 2.75) is 39.8 Å². The van der Waals surface area contributed by atoms with Crippen molar-refractivity contribution in [3.63, 3.8) is 0 Å². The molecule has 0 unspecified atom stereocenters. The maximum Gasteiger partial charge on any atom is 0.282 e. The van der Waals surface area contributed by atoms with Gasteiger partial charge in [-0.3, -0.25) is 4.55 Å². The van der Waals surface area contributed by atoms with Gasteiger partial charge in [-0.1, -0.05) is 29.3 Å². The van der Waals surface area contributed by atoms with Gasteiger partial charge in [0.05, 0.1) is 40.3 Å². The third-order valence-corrected chi connectivity index (χ3v) is 8.89. The van der Waals surface area contributed by atoms with Gasteiger partial charge in [-0.15, -0.1) is 0 Å². The summed E-state index contributed by atoms with van der Waals surface area (Å²) in [4.78, 5) is 4.06. The highest BCUT2D eigenvalue weighted by atomic mass is 35.5. The molecule has 0 saturated carbocycles. The highest BCUT2D eigenvalue weighted by Crippen LogP contribution is 2.43. The number of nitrogens with zero attached hydrogens (tertiary/aromatic N) is 4. The van der Waals surface area contributed by atoms with Gasteiger partial charge >= 0.3 is 0 Å². The molecule has 0 aliphatic carbocycles. The number of imidazole rings is 1. The quantitative estimate of drug-likeness (QED) is 0.223. The van der Waals surface area contributed by atoms with Gasteiger partial charge in [0.1, 0.15) is 5.82 Å². The molecule has 1 aliphatic rings. The van der Waals surface area contributed by atoms with Crippen LogP contribution >= 0.6 is 23.2 Å². The molecule has 41 heavy (non-hydrogen) atoms. The van der Waals surface area contributed by atoms with E-state index < -0.39 is 26.0 Å². The molecule has 222 valence electrons. The maximum absolute atomic E-state index is 11.4. The van der Waals surface area contributed by atoms with Gasteiger partial charge in [0.2, 0.25) is 0 Å². The molecule has 2 heterocycles. The summed E-state index contributed by atoms with van der Waals surface area (Å²) in [6.45, 7) is 5.90. The van der Waals surface area contributed by atoms with Crippen molar-refractivity contribution in [1.29, 1.82) is 0 Å². The van der Waals surface area contributed by atoms with Crippen LogP contribution in [0.2, 0.25) is 10.0 Å². The zero-order valence-electron chi connectivity index (χ0n) is 22.7. The standard InChI is InChI=1S/C27H32Cl2N4O6S2/c1-3-30-24-18-20(28)10-12-22(24)32(14-6-16-40(34,35)36)26(30)8-5-9-27-31(4-2)25-19-21(29)11-13-23(25)33(27)15-7-17-41(37,38)39/h5,8-13,18-19H,3-4,6-7,14-17H2,1-2H3,(H-,34,35,36,37,38,39). The summed E-state index contributed by atoms with van der Waals surface area (Å²) in [5.41, 5.74) is 3.49. The highest BCUT2D eigenvalue weighted by molar-refractivity contribution is 7.85. The Balaban J connectivity index is 1.75. The topological polar surface area (TPSA) is 127 Å². The molecule has 1 aromatic heterocycles. The molecule has 14 heteroatoms. The number of anilines is 2. The normalized spacial score (nSPS) is 15.1. The largest absolute Gasteiger partial charge is 0.748 e. The van der Waals surface area contributed by atoms with Crippen molar-refractivity contribution in [3.8, 4) is 0 Å². The fourth-order valence-electron chi connectivity index (χ4n) is 5.19. The van der Waals surface area contributed by atoms with Crippen LogP contribution in [0.3, 0.4) is 0 Å². The van der Waals surface area contributed by atoms with E-state index in [1.807, 2.05) is 65.8 Å². The van der Waals surface area contributed by atoms with Gasteiger partial charge in [-0.05, 0) is 63.1 Å². The van der Waals surface area contributed by atoms with E-state index in [0.29, 0.717) is 36.2 Å². The summed E-state index contributed by atoms with van der Waals surface area (Å²) < 4.78 is 69.8. The molecule has 1 N–H and O–H groups in total. The fraction of sp³-hybridized carbons (Fsp3) is 0.370. The average molecular weight is 644 g/mol. The molecule has 0 atom stereocenters. The SMILES string of the molecule is CCN1/C(=C\C=C\c2n(CC)c3cc(Cl)ccc3[n+]2CCCS(=O)(=O)[O-])N(CCCS(=O)(=O)O)c2ccc(Cl)cc21. The Hall–Kier alpha value is -2.61. The fourth-order valence-corrected chi connectivity index (χ4v) is 6.50. The van der Waals surface area contributed by atoms with E-state index in [0.717, 1.165) is 34.1 Å². The minimum atomic E-state index is -4.35. The number of halogens is 2. The minimum absolute atomic E-state index is 0.158. The number of aromatic nitrogens is 2. The molecule has 1 aliphatic heterocycles. The van der Waals surface area contributed by atoms with Gasteiger partial charge in [-0.25, -0.2) is 17.6 Å². The second-order valence-electron chi connectivity index (χ2n) is 9.55. The first-order valence-electron chi connectivity index (χ1n) is 13.2. The number of allylic oxidation sites excluding steroid dienone is 2. The molecular weight excluding hydrogens is 611 g/mol. The molecule has 10 nitrogen and oxygen atoms in total. The molecule has 0 bridgehead atoms. The monoisotopic (exact) mass is 642 g/mol. The smallest absolute Gasteiger partial charge is 0.282 e. The van der Waals surface area contributed by atoms with E-state index in [4.69, 9.17) is 23.2 Å². The van der Waals surface area contributed by atoms with Crippen molar-refractivity contribution >= 4 is 71.9 Å². The van der Waals surface area contributed by atoms with E-state index in [-0.39, 0.29) is 18.6 Å². The van der Waals surface area contributed by atoms with Gasteiger partial charge in [0.25, 0.3) is 15.9 Å². The molecule has 0 amide bonds. The molecule has 0 saturated heterocycles. The molecular formula is C27H32Cl2N4O6S2. The lowest BCUT2D eigenvalue weighted by Crippen LogP contribution is -2.37. The number of hydrogen-bond donors (Lipinski definition) is 1. The van der Waals surface area contributed by atoms with Crippen LogP contribution in [0.4, 0.5) is 11.4 Å². The summed E-state index contributed by atoms with van der Waals surface area (Å²) in [5.74, 6) is 0.775. The number of benzene rings is 2. The number of aryl methyl sites for hydroxylation is 2. The van der Waals surface area contributed by atoms with E-state index >= 15 is 0 Å². The molecule has 0 fully saturated rings. The van der Waals surface area contributed by atoms with E-state index in [1.54, 1.807) is 12.1 Å². The minimum Gasteiger partial charge on any atom is -0.748 e. The Morgan fingerprint density at radius 2 is 1.63 bits per heavy atom. The summed E-state index contributed by atoms with van der Waals surface area (Å²) in [6, 6.07) is 11.0. The lowest BCUT2D eigenvalue weighted by Gasteiger charge is -2.24. The lowest BCUT2D eigenvalue weighted by atomic mass is 10.2. The van der Waals surface area contributed by atoms with Gasteiger partial charge in [0, 0.05) is 41.0 Å². The van der Waals surface area contributed by atoms with Crippen molar-refractivity contribution in [2.24, 2.45) is 0 Å². The first kappa shape index (κ1) is 31.3. The van der Waals surface area contributed by atoms with Crippen molar-refractivity contribution in [1.82, 2.24) is 4.57 Å². The Bertz CT molecular complexity index is 1720. The highest BCUT2D eigenvalue weighted by Gasteiger charge is 2.30. The molecule has 0 spiro atoms. The number of rotatable bonds is 12. The van der Waals surface area contributed by atoms with Crippen LogP contribution in [-0.2, 0) is 33.3 Å². The van der Waals surface area contributed by atoms with Crippen molar-refractivity contribution < 1.29 is 30.5 Å². The van der Waals surface area contributed by atoms with Crippen LogP contribution < -0.4 is 14.4 Å². The van der Waals surface area contributed by atoms with Crippen molar-refractivity contribution in [3.05, 3.63) is 70.2 Å². The van der Waals surface area contributed by atoms with E-state index in [1.165, 1.54) is 0 Å². The Labute approximate surface area is 250 Å². The van der Waals surface area contributed by atoms with Gasteiger partial charge < -0.3 is 14.4 Å². The molecule has 0 radical (unpaired) electrons.